The van der Waals surface area contributed by atoms with Gasteiger partial charge in [0.1, 0.15) is 0 Å². The Morgan fingerprint density at radius 2 is 1.90 bits per heavy atom. The quantitative estimate of drug-likeness (QED) is 0.836. The van der Waals surface area contributed by atoms with Crippen molar-refractivity contribution in [1.29, 1.82) is 0 Å². The smallest absolute Gasteiger partial charge is 0.0948 e. The van der Waals surface area contributed by atoms with Crippen molar-refractivity contribution in [3.63, 3.8) is 0 Å². The normalized spacial score (nSPS) is 31.8. The highest BCUT2D eigenvalue weighted by molar-refractivity contribution is 5.25. The summed E-state index contributed by atoms with van der Waals surface area (Å²) in [4.78, 5) is 2.33. The summed E-state index contributed by atoms with van der Waals surface area (Å²) in [5.74, 6) is 3.02. The van der Waals surface area contributed by atoms with Gasteiger partial charge in [0.05, 0.1) is 11.1 Å². The molecule has 1 fully saturated rings. The molecular formula is C18H25NO. The Balaban J connectivity index is 2.29. The van der Waals surface area contributed by atoms with Crippen LogP contribution < -0.4 is 0 Å². The Hall–Kier alpha value is -1.30. The fraction of sp³-hybridized carbons (Fsp3) is 0.556. The zero-order valence-corrected chi connectivity index (χ0v) is 12.9. The van der Waals surface area contributed by atoms with Crippen LogP contribution in [0.1, 0.15) is 39.7 Å². The van der Waals surface area contributed by atoms with Crippen molar-refractivity contribution in [1.82, 2.24) is 4.90 Å². The Morgan fingerprint density at radius 1 is 1.30 bits per heavy atom. The summed E-state index contributed by atoms with van der Waals surface area (Å²) in [7, 11) is 0. The highest BCUT2D eigenvalue weighted by Gasteiger charge is 2.46. The van der Waals surface area contributed by atoms with Crippen LogP contribution in [0.3, 0.4) is 0 Å². The average Bonchev–Trinajstić information content (AvgIpc) is 2.43. The van der Waals surface area contributed by atoms with Crippen molar-refractivity contribution in [2.75, 3.05) is 6.54 Å². The number of hydrogen-bond acceptors (Lipinski definition) is 2. The zero-order valence-electron chi connectivity index (χ0n) is 12.9. The van der Waals surface area contributed by atoms with Crippen LogP contribution in [0.2, 0.25) is 0 Å². The van der Waals surface area contributed by atoms with Gasteiger partial charge in [-0.25, -0.2) is 0 Å². The fourth-order valence-electron chi connectivity index (χ4n) is 3.38. The first-order valence-corrected chi connectivity index (χ1v) is 7.33. The molecule has 2 nitrogen and oxygen atoms in total. The number of rotatable bonds is 2. The predicted octanol–water partition coefficient (Wildman–Crippen LogP) is 3.02. The Kier molecular flexibility index (Phi) is 3.95. The number of terminal acetylenes is 1. The van der Waals surface area contributed by atoms with E-state index < -0.39 is 5.60 Å². The van der Waals surface area contributed by atoms with E-state index in [0.717, 1.165) is 12.1 Å². The molecule has 1 heterocycles. The van der Waals surface area contributed by atoms with Gasteiger partial charge in [0.15, 0.2) is 0 Å². The van der Waals surface area contributed by atoms with E-state index in [1.54, 1.807) is 0 Å². The van der Waals surface area contributed by atoms with Crippen LogP contribution in [0.5, 0.6) is 0 Å². The fourth-order valence-corrected chi connectivity index (χ4v) is 3.38. The second-order valence-corrected chi connectivity index (χ2v) is 6.60. The van der Waals surface area contributed by atoms with Gasteiger partial charge in [0.25, 0.3) is 0 Å². The topological polar surface area (TPSA) is 23.5 Å². The van der Waals surface area contributed by atoms with Crippen molar-refractivity contribution in [2.45, 2.75) is 51.3 Å². The molecule has 1 saturated heterocycles. The van der Waals surface area contributed by atoms with Crippen LogP contribution in [0.25, 0.3) is 0 Å². The number of hydrogen-bond donors (Lipinski definition) is 1. The molecule has 3 atom stereocenters. The molecule has 0 aliphatic carbocycles. The summed E-state index contributed by atoms with van der Waals surface area (Å²) in [6.45, 7) is 9.22. The Labute approximate surface area is 122 Å². The second-order valence-electron chi connectivity index (χ2n) is 6.60. The summed E-state index contributed by atoms with van der Waals surface area (Å²) >= 11 is 0. The SMILES string of the molecule is C#CC(C)(C)N1C[C@@H](C)[C@@](O)(c2ccccc2)C[C@@H]1C. The van der Waals surface area contributed by atoms with Gasteiger partial charge in [-0.3, -0.25) is 4.90 Å². The Bertz CT molecular complexity index is 502. The number of benzene rings is 1. The molecule has 1 aliphatic heterocycles. The minimum atomic E-state index is -0.762. The van der Waals surface area contributed by atoms with Crippen LogP contribution in [0.15, 0.2) is 30.3 Å². The highest BCUT2D eigenvalue weighted by atomic mass is 16.3. The van der Waals surface area contributed by atoms with E-state index in [0.29, 0.717) is 6.42 Å². The van der Waals surface area contributed by atoms with E-state index >= 15 is 0 Å². The van der Waals surface area contributed by atoms with Crippen LogP contribution >= 0.6 is 0 Å². The molecule has 2 heteroatoms. The lowest BCUT2D eigenvalue weighted by molar-refractivity contribution is -0.105. The molecule has 20 heavy (non-hydrogen) atoms. The monoisotopic (exact) mass is 271 g/mol. The maximum Gasteiger partial charge on any atom is 0.0948 e. The first kappa shape index (κ1) is 15.1. The van der Waals surface area contributed by atoms with E-state index in [1.165, 1.54) is 0 Å². The first-order chi connectivity index (χ1) is 9.31. The van der Waals surface area contributed by atoms with E-state index in [4.69, 9.17) is 6.42 Å². The van der Waals surface area contributed by atoms with Gasteiger partial charge in [-0.1, -0.05) is 43.2 Å². The van der Waals surface area contributed by atoms with Gasteiger partial charge in [-0.05, 0) is 32.8 Å². The molecule has 0 saturated carbocycles. The molecule has 1 aliphatic rings. The van der Waals surface area contributed by atoms with Gasteiger partial charge >= 0.3 is 0 Å². The maximum absolute atomic E-state index is 11.2. The summed E-state index contributed by atoms with van der Waals surface area (Å²) in [5.41, 5.74) is -0.0226. The van der Waals surface area contributed by atoms with Crippen molar-refractivity contribution in [3.8, 4) is 12.3 Å². The number of piperidine rings is 1. The number of likely N-dealkylation sites (tertiary alicyclic amines) is 1. The lowest BCUT2D eigenvalue weighted by Crippen LogP contribution is -2.59. The molecule has 1 aromatic carbocycles. The number of nitrogens with zero attached hydrogens (tertiary/aromatic N) is 1. The first-order valence-electron chi connectivity index (χ1n) is 7.33. The van der Waals surface area contributed by atoms with Gasteiger partial charge < -0.3 is 5.11 Å². The third-order valence-electron chi connectivity index (χ3n) is 4.77. The van der Waals surface area contributed by atoms with E-state index in [1.807, 2.05) is 30.3 Å². The Morgan fingerprint density at radius 3 is 2.45 bits per heavy atom. The highest BCUT2D eigenvalue weighted by Crippen LogP contribution is 2.41. The standard InChI is InChI=1S/C18H25NO/c1-6-17(4,5)19-13-14(2)18(20,12-15(19)3)16-10-8-7-9-11-16/h1,7-11,14-15,20H,12-13H2,2-5H3/t14-,15+,18-/m1/s1. The second kappa shape index (κ2) is 5.24. The number of aliphatic hydroxyl groups is 1. The molecule has 0 spiro atoms. The van der Waals surface area contributed by atoms with E-state index in [2.05, 4.69) is 38.5 Å². The van der Waals surface area contributed by atoms with Gasteiger partial charge in [0.2, 0.25) is 0 Å². The van der Waals surface area contributed by atoms with E-state index in [9.17, 15) is 5.11 Å². The molecule has 0 amide bonds. The van der Waals surface area contributed by atoms with Crippen molar-refractivity contribution in [3.05, 3.63) is 35.9 Å². The molecule has 1 aromatic rings. The largest absolute Gasteiger partial charge is 0.385 e. The average molecular weight is 271 g/mol. The van der Waals surface area contributed by atoms with Crippen molar-refractivity contribution < 1.29 is 5.11 Å². The summed E-state index contributed by atoms with van der Waals surface area (Å²) in [6, 6.07) is 10.3. The van der Waals surface area contributed by atoms with Gasteiger partial charge in [-0.2, -0.15) is 0 Å². The van der Waals surface area contributed by atoms with Crippen molar-refractivity contribution >= 4 is 0 Å². The molecule has 0 radical (unpaired) electrons. The third kappa shape index (κ3) is 2.49. The molecule has 0 bridgehead atoms. The minimum Gasteiger partial charge on any atom is -0.385 e. The summed E-state index contributed by atoms with van der Waals surface area (Å²) in [6.07, 6.45) is 6.38. The van der Waals surface area contributed by atoms with Crippen molar-refractivity contribution in [2.24, 2.45) is 5.92 Å². The summed E-state index contributed by atoms with van der Waals surface area (Å²) in [5, 5.41) is 11.2. The van der Waals surface area contributed by atoms with Crippen LogP contribution in [-0.4, -0.2) is 28.1 Å². The lowest BCUT2D eigenvalue weighted by atomic mass is 9.73. The predicted molar refractivity (Wildman–Crippen MR) is 83.2 cm³/mol. The van der Waals surface area contributed by atoms with E-state index in [-0.39, 0.29) is 17.5 Å². The minimum absolute atomic E-state index is 0.147. The molecule has 108 valence electrons. The lowest BCUT2D eigenvalue weighted by Gasteiger charge is -2.51. The van der Waals surface area contributed by atoms with Crippen LogP contribution in [0.4, 0.5) is 0 Å². The maximum atomic E-state index is 11.2. The van der Waals surface area contributed by atoms with Crippen LogP contribution in [-0.2, 0) is 5.60 Å². The van der Waals surface area contributed by atoms with Gasteiger partial charge in [-0.15, -0.1) is 6.42 Å². The molecular weight excluding hydrogens is 246 g/mol. The molecule has 0 aromatic heterocycles. The molecule has 1 N–H and O–H groups in total. The van der Waals surface area contributed by atoms with Gasteiger partial charge in [0, 0.05) is 18.5 Å². The van der Waals surface area contributed by atoms with Crippen LogP contribution in [0, 0.1) is 18.3 Å². The summed E-state index contributed by atoms with van der Waals surface area (Å²) < 4.78 is 0. The zero-order chi connectivity index (χ0) is 15.0. The molecule has 0 unspecified atom stereocenters. The third-order valence-corrected chi connectivity index (χ3v) is 4.77. The molecule has 2 rings (SSSR count).